The zero-order chi connectivity index (χ0) is 15.4. The molecule has 4 nitrogen and oxygen atoms in total. The van der Waals surface area contributed by atoms with Crippen molar-refractivity contribution in [3.8, 4) is 5.69 Å². The van der Waals surface area contributed by atoms with Crippen molar-refractivity contribution in [2.75, 3.05) is 6.54 Å². The molecule has 0 saturated carbocycles. The van der Waals surface area contributed by atoms with Crippen LogP contribution in [0.25, 0.3) is 5.69 Å². The number of hydrogen-bond donors (Lipinski definition) is 1. The number of halogens is 1. The van der Waals surface area contributed by atoms with Crippen LogP contribution in [0.5, 0.6) is 0 Å². The smallest absolute Gasteiger partial charge is 0.103 e. The Bertz CT molecular complexity index is 606. The molecule has 2 rings (SSSR count). The van der Waals surface area contributed by atoms with Crippen LogP contribution in [-0.4, -0.2) is 21.5 Å². The molecule has 1 heterocycles. The lowest BCUT2D eigenvalue weighted by atomic mass is 10.1. The van der Waals surface area contributed by atoms with Crippen molar-refractivity contribution in [3.05, 3.63) is 39.6 Å². The summed E-state index contributed by atoms with van der Waals surface area (Å²) in [4.78, 5) is 0. The number of rotatable bonds is 6. The van der Waals surface area contributed by atoms with E-state index in [1.807, 2.05) is 4.68 Å². The number of benzene rings is 1. The minimum Gasteiger partial charge on any atom is -0.309 e. The summed E-state index contributed by atoms with van der Waals surface area (Å²) in [5.41, 5.74) is 4.52. The molecule has 0 aliphatic rings. The van der Waals surface area contributed by atoms with Gasteiger partial charge >= 0.3 is 0 Å². The summed E-state index contributed by atoms with van der Waals surface area (Å²) in [5.74, 6) is 0. The monoisotopic (exact) mass is 350 g/mol. The van der Waals surface area contributed by atoms with Crippen molar-refractivity contribution in [1.29, 1.82) is 0 Å². The Morgan fingerprint density at radius 3 is 2.62 bits per heavy atom. The summed E-state index contributed by atoms with van der Waals surface area (Å²) in [7, 11) is 0. The van der Waals surface area contributed by atoms with Crippen LogP contribution in [0, 0.1) is 6.92 Å². The molecular formula is C16H23BrN4. The molecule has 0 radical (unpaired) electrons. The first-order valence-electron chi connectivity index (χ1n) is 7.56. The van der Waals surface area contributed by atoms with Crippen molar-refractivity contribution >= 4 is 15.9 Å². The highest BCUT2D eigenvalue weighted by atomic mass is 79.9. The molecule has 21 heavy (non-hydrogen) atoms. The van der Waals surface area contributed by atoms with E-state index in [1.165, 1.54) is 11.3 Å². The second kappa shape index (κ2) is 7.18. The fraction of sp³-hybridized carbons (Fsp3) is 0.500. The molecule has 1 unspecified atom stereocenters. The Labute approximate surface area is 135 Å². The maximum absolute atomic E-state index is 4.44. The summed E-state index contributed by atoms with van der Waals surface area (Å²) < 4.78 is 3.08. The Morgan fingerprint density at radius 1 is 1.29 bits per heavy atom. The lowest BCUT2D eigenvalue weighted by molar-refractivity contribution is 0.520. The van der Waals surface area contributed by atoms with Crippen molar-refractivity contribution in [1.82, 2.24) is 20.3 Å². The SMILES string of the molecule is CCNC(CC)c1nnn(-c2ccc(Br)c(C)c2)c1CC. The second-order valence-corrected chi connectivity index (χ2v) is 5.99. The lowest BCUT2D eigenvalue weighted by Gasteiger charge is -2.15. The predicted molar refractivity (Wildman–Crippen MR) is 89.9 cm³/mol. The normalized spacial score (nSPS) is 12.6. The van der Waals surface area contributed by atoms with Crippen molar-refractivity contribution in [2.24, 2.45) is 0 Å². The van der Waals surface area contributed by atoms with Gasteiger partial charge in [0.05, 0.1) is 17.4 Å². The Morgan fingerprint density at radius 2 is 2.05 bits per heavy atom. The Hall–Kier alpha value is -1.20. The van der Waals surface area contributed by atoms with E-state index in [9.17, 15) is 0 Å². The Balaban J connectivity index is 2.45. The van der Waals surface area contributed by atoms with E-state index in [0.717, 1.165) is 35.2 Å². The van der Waals surface area contributed by atoms with Gasteiger partial charge in [-0.05, 0) is 50.1 Å². The van der Waals surface area contributed by atoms with Crippen LogP contribution in [0.4, 0.5) is 0 Å². The minimum absolute atomic E-state index is 0.273. The van der Waals surface area contributed by atoms with Crippen molar-refractivity contribution in [3.63, 3.8) is 0 Å². The van der Waals surface area contributed by atoms with Gasteiger partial charge in [-0.2, -0.15) is 0 Å². The molecule has 1 aromatic carbocycles. The topological polar surface area (TPSA) is 42.7 Å². The van der Waals surface area contributed by atoms with Gasteiger partial charge in [-0.25, -0.2) is 4.68 Å². The molecule has 0 aliphatic carbocycles. The molecule has 2 aromatic rings. The number of nitrogens with one attached hydrogen (secondary N) is 1. The quantitative estimate of drug-likeness (QED) is 0.857. The first-order valence-corrected chi connectivity index (χ1v) is 8.35. The highest BCUT2D eigenvalue weighted by Crippen LogP contribution is 2.24. The van der Waals surface area contributed by atoms with E-state index < -0.39 is 0 Å². The molecule has 0 saturated heterocycles. The molecule has 0 spiro atoms. The Kier molecular flexibility index (Phi) is 5.53. The minimum atomic E-state index is 0.273. The molecule has 0 amide bonds. The molecule has 0 bridgehead atoms. The van der Waals surface area contributed by atoms with Gasteiger partial charge < -0.3 is 5.32 Å². The van der Waals surface area contributed by atoms with E-state index >= 15 is 0 Å². The molecule has 1 N–H and O–H groups in total. The summed E-state index contributed by atoms with van der Waals surface area (Å²) in [6, 6.07) is 6.54. The van der Waals surface area contributed by atoms with Gasteiger partial charge in [0.25, 0.3) is 0 Å². The van der Waals surface area contributed by atoms with E-state index in [-0.39, 0.29) is 6.04 Å². The second-order valence-electron chi connectivity index (χ2n) is 5.14. The van der Waals surface area contributed by atoms with Gasteiger partial charge in [-0.3, -0.25) is 0 Å². The zero-order valence-electron chi connectivity index (χ0n) is 13.2. The highest BCUT2D eigenvalue weighted by Gasteiger charge is 2.19. The third-order valence-corrected chi connectivity index (χ3v) is 4.59. The summed E-state index contributed by atoms with van der Waals surface area (Å²) in [5, 5.41) is 12.3. The molecule has 114 valence electrons. The summed E-state index contributed by atoms with van der Waals surface area (Å²) in [6.07, 6.45) is 1.93. The van der Waals surface area contributed by atoms with Gasteiger partial charge in [0.15, 0.2) is 0 Å². The molecule has 0 fully saturated rings. The lowest BCUT2D eigenvalue weighted by Crippen LogP contribution is -2.21. The van der Waals surface area contributed by atoms with E-state index in [1.54, 1.807) is 0 Å². The fourth-order valence-electron chi connectivity index (χ4n) is 2.56. The summed E-state index contributed by atoms with van der Waals surface area (Å²) >= 11 is 3.54. The van der Waals surface area contributed by atoms with Gasteiger partial charge in [0.1, 0.15) is 5.69 Å². The third kappa shape index (κ3) is 3.35. The van der Waals surface area contributed by atoms with Crippen molar-refractivity contribution < 1.29 is 0 Å². The van der Waals surface area contributed by atoms with Crippen LogP contribution in [-0.2, 0) is 6.42 Å². The standard InChI is InChI=1S/C16H23BrN4/c1-5-14(18-7-3)16-15(6-2)21(20-19-16)12-8-9-13(17)11(4)10-12/h8-10,14,18H,5-7H2,1-4H3. The van der Waals surface area contributed by atoms with Crippen molar-refractivity contribution in [2.45, 2.75) is 46.6 Å². The van der Waals surface area contributed by atoms with Crippen LogP contribution in [0.1, 0.15) is 50.2 Å². The van der Waals surface area contributed by atoms with Gasteiger partial charge in [-0.1, -0.05) is 41.9 Å². The number of nitrogens with zero attached hydrogens (tertiary/aromatic N) is 3. The van der Waals surface area contributed by atoms with E-state index in [0.29, 0.717) is 0 Å². The average Bonchev–Trinajstić information content (AvgIpc) is 2.91. The molecule has 5 heteroatoms. The first kappa shape index (κ1) is 16.2. The van der Waals surface area contributed by atoms with Gasteiger partial charge in [-0.15, -0.1) is 5.10 Å². The molecule has 0 aliphatic heterocycles. The zero-order valence-corrected chi connectivity index (χ0v) is 14.7. The molecule has 1 atom stereocenters. The van der Waals surface area contributed by atoms with E-state index in [4.69, 9.17) is 0 Å². The maximum atomic E-state index is 4.44. The largest absolute Gasteiger partial charge is 0.309 e. The highest BCUT2D eigenvalue weighted by molar-refractivity contribution is 9.10. The number of aromatic nitrogens is 3. The van der Waals surface area contributed by atoms with Crippen LogP contribution in [0.2, 0.25) is 0 Å². The van der Waals surface area contributed by atoms with Crippen LogP contribution in [0.15, 0.2) is 22.7 Å². The van der Waals surface area contributed by atoms with Crippen LogP contribution >= 0.6 is 15.9 Å². The van der Waals surface area contributed by atoms with Gasteiger partial charge in [0.2, 0.25) is 0 Å². The van der Waals surface area contributed by atoms with Crippen LogP contribution in [0.3, 0.4) is 0 Å². The fourth-order valence-corrected chi connectivity index (χ4v) is 2.81. The van der Waals surface area contributed by atoms with E-state index in [2.05, 4.69) is 77.5 Å². The molecule has 1 aromatic heterocycles. The number of hydrogen-bond acceptors (Lipinski definition) is 3. The van der Waals surface area contributed by atoms with Gasteiger partial charge in [0, 0.05) is 4.47 Å². The first-order chi connectivity index (χ1) is 10.1. The predicted octanol–water partition coefficient (Wildman–Crippen LogP) is 3.96. The molecular weight excluding hydrogens is 328 g/mol. The third-order valence-electron chi connectivity index (χ3n) is 3.70. The van der Waals surface area contributed by atoms with Crippen LogP contribution < -0.4 is 5.32 Å². The summed E-state index contributed by atoms with van der Waals surface area (Å²) in [6.45, 7) is 9.48. The average molecular weight is 351 g/mol. The maximum Gasteiger partial charge on any atom is 0.103 e. The number of aryl methyl sites for hydroxylation is 1.